The molecule has 0 bridgehead atoms. The molecular weight excluding hydrogens is 254 g/mol. The number of nitrogens with two attached hydrogens (primary N) is 1. The first-order valence-electron chi connectivity index (χ1n) is 6.71. The molecule has 1 unspecified atom stereocenters. The van der Waals surface area contributed by atoms with Crippen molar-refractivity contribution in [1.29, 1.82) is 0 Å². The van der Waals surface area contributed by atoms with E-state index in [1.807, 2.05) is 31.3 Å². The third-order valence-electron chi connectivity index (χ3n) is 3.15. The molecule has 108 valence electrons. The van der Waals surface area contributed by atoms with E-state index in [-0.39, 0.29) is 6.04 Å². The van der Waals surface area contributed by atoms with Gasteiger partial charge in [0.05, 0.1) is 26.0 Å². The second kappa shape index (κ2) is 6.43. The highest BCUT2D eigenvalue weighted by Gasteiger charge is 2.19. The lowest BCUT2D eigenvalue weighted by molar-refractivity contribution is 0.317. The number of rotatable bonds is 6. The van der Waals surface area contributed by atoms with Gasteiger partial charge in [0, 0.05) is 7.05 Å². The Kier molecular flexibility index (Phi) is 4.63. The standard InChI is InChI=1S/C15H21N3O2/c1-4-8-20-12-7-5-6-11(9-12)14(16)15-13(19-3)10-17-18(15)2/h5-7,9-10,14H,4,8,16H2,1-3H3. The van der Waals surface area contributed by atoms with Gasteiger partial charge in [-0.25, -0.2) is 0 Å². The van der Waals surface area contributed by atoms with Gasteiger partial charge in [0.25, 0.3) is 0 Å². The molecule has 0 saturated heterocycles. The quantitative estimate of drug-likeness (QED) is 0.878. The molecule has 0 amide bonds. The molecule has 0 saturated carbocycles. The maximum atomic E-state index is 6.34. The van der Waals surface area contributed by atoms with Crippen LogP contribution in [0.1, 0.15) is 30.6 Å². The molecule has 5 heteroatoms. The summed E-state index contributed by atoms with van der Waals surface area (Å²) >= 11 is 0. The number of hydrogen-bond acceptors (Lipinski definition) is 4. The summed E-state index contributed by atoms with van der Waals surface area (Å²) < 4.78 is 12.7. The van der Waals surface area contributed by atoms with Gasteiger partial charge in [-0.1, -0.05) is 19.1 Å². The second-order valence-corrected chi connectivity index (χ2v) is 4.62. The molecule has 0 radical (unpaired) electrons. The third kappa shape index (κ3) is 2.93. The lowest BCUT2D eigenvalue weighted by Crippen LogP contribution is -2.17. The first kappa shape index (κ1) is 14.4. The van der Waals surface area contributed by atoms with Crippen LogP contribution in [0.4, 0.5) is 0 Å². The highest BCUT2D eigenvalue weighted by Crippen LogP contribution is 2.29. The van der Waals surface area contributed by atoms with Crippen LogP contribution < -0.4 is 15.2 Å². The zero-order valence-corrected chi connectivity index (χ0v) is 12.2. The zero-order chi connectivity index (χ0) is 14.5. The minimum Gasteiger partial charge on any atom is -0.494 e. The first-order valence-corrected chi connectivity index (χ1v) is 6.71. The van der Waals surface area contributed by atoms with Gasteiger partial charge < -0.3 is 15.2 Å². The van der Waals surface area contributed by atoms with Gasteiger partial charge in [0.15, 0.2) is 5.75 Å². The Morgan fingerprint density at radius 1 is 1.40 bits per heavy atom. The Bertz CT molecular complexity index is 566. The van der Waals surface area contributed by atoms with Crippen LogP contribution >= 0.6 is 0 Å². The maximum absolute atomic E-state index is 6.34. The lowest BCUT2D eigenvalue weighted by Gasteiger charge is -2.15. The minimum absolute atomic E-state index is 0.303. The molecule has 1 aromatic heterocycles. The third-order valence-corrected chi connectivity index (χ3v) is 3.15. The number of ether oxygens (including phenoxy) is 2. The van der Waals surface area contributed by atoms with Gasteiger partial charge in [-0.05, 0) is 24.1 Å². The Morgan fingerprint density at radius 2 is 2.20 bits per heavy atom. The van der Waals surface area contributed by atoms with E-state index in [9.17, 15) is 0 Å². The maximum Gasteiger partial charge on any atom is 0.161 e. The summed E-state index contributed by atoms with van der Waals surface area (Å²) in [6.45, 7) is 2.78. The van der Waals surface area contributed by atoms with E-state index in [1.165, 1.54) is 0 Å². The molecule has 0 aliphatic heterocycles. The molecule has 0 fully saturated rings. The van der Waals surface area contributed by atoms with Crippen molar-refractivity contribution in [2.45, 2.75) is 19.4 Å². The molecule has 5 nitrogen and oxygen atoms in total. The fraction of sp³-hybridized carbons (Fsp3) is 0.400. The van der Waals surface area contributed by atoms with Crippen LogP contribution in [0, 0.1) is 0 Å². The number of methoxy groups -OCH3 is 1. The fourth-order valence-electron chi connectivity index (χ4n) is 2.11. The molecule has 20 heavy (non-hydrogen) atoms. The van der Waals surface area contributed by atoms with Crippen LogP contribution in [0.25, 0.3) is 0 Å². The average Bonchev–Trinajstić information content (AvgIpc) is 2.85. The molecule has 1 aromatic carbocycles. The molecule has 2 rings (SSSR count). The van der Waals surface area contributed by atoms with Gasteiger partial charge >= 0.3 is 0 Å². The second-order valence-electron chi connectivity index (χ2n) is 4.62. The molecule has 2 N–H and O–H groups in total. The van der Waals surface area contributed by atoms with Crippen LogP contribution in [-0.4, -0.2) is 23.5 Å². The van der Waals surface area contributed by atoms with Gasteiger partial charge in [0.1, 0.15) is 11.4 Å². The lowest BCUT2D eigenvalue weighted by atomic mass is 10.0. The summed E-state index contributed by atoms with van der Waals surface area (Å²) in [6, 6.07) is 7.53. The van der Waals surface area contributed by atoms with E-state index >= 15 is 0 Å². The predicted octanol–water partition coefficient (Wildman–Crippen LogP) is 2.27. The van der Waals surface area contributed by atoms with E-state index in [0.29, 0.717) is 12.4 Å². The average molecular weight is 275 g/mol. The van der Waals surface area contributed by atoms with Gasteiger partial charge in [-0.3, -0.25) is 4.68 Å². The molecular formula is C15H21N3O2. The van der Waals surface area contributed by atoms with E-state index in [4.69, 9.17) is 15.2 Å². The Balaban J connectivity index is 2.28. The monoisotopic (exact) mass is 275 g/mol. The number of benzene rings is 1. The molecule has 0 aliphatic carbocycles. The van der Waals surface area contributed by atoms with Crippen LogP contribution in [-0.2, 0) is 7.05 Å². The van der Waals surface area contributed by atoms with Gasteiger partial charge in [0.2, 0.25) is 0 Å². The van der Waals surface area contributed by atoms with Crippen LogP contribution in [0.15, 0.2) is 30.5 Å². The van der Waals surface area contributed by atoms with Crippen molar-refractivity contribution in [2.24, 2.45) is 12.8 Å². The predicted molar refractivity (Wildman–Crippen MR) is 78.0 cm³/mol. The largest absolute Gasteiger partial charge is 0.494 e. The molecule has 2 aromatic rings. The van der Waals surface area contributed by atoms with E-state index in [0.717, 1.165) is 23.4 Å². The summed E-state index contributed by atoms with van der Waals surface area (Å²) in [6.07, 6.45) is 2.65. The molecule has 1 atom stereocenters. The highest BCUT2D eigenvalue weighted by atomic mass is 16.5. The highest BCUT2D eigenvalue weighted by molar-refractivity contribution is 5.39. The summed E-state index contributed by atoms with van der Waals surface area (Å²) in [5.74, 6) is 1.53. The van der Waals surface area contributed by atoms with Crippen LogP contribution in [0.3, 0.4) is 0 Å². The Hall–Kier alpha value is -2.01. The SMILES string of the molecule is CCCOc1cccc(C(N)c2c(OC)cnn2C)c1. The van der Waals surface area contributed by atoms with Crippen molar-refractivity contribution in [3.8, 4) is 11.5 Å². The Labute approximate surface area is 119 Å². The molecule has 1 heterocycles. The van der Waals surface area contributed by atoms with E-state index in [2.05, 4.69) is 12.0 Å². The topological polar surface area (TPSA) is 62.3 Å². The summed E-state index contributed by atoms with van der Waals surface area (Å²) in [5, 5.41) is 4.19. The van der Waals surface area contributed by atoms with Crippen molar-refractivity contribution < 1.29 is 9.47 Å². The van der Waals surface area contributed by atoms with Gasteiger partial charge in [-0.15, -0.1) is 0 Å². The fourth-order valence-corrected chi connectivity index (χ4v) is 2.11. The van der Waals surface area contributed by atoms with Crippen LogP contribution in [0.5, 0.6) is 11.5 Å². The van der Waals surface area contributed by atoms with Crippen molar-refractivity contribution in [3.63, 3.8) is 0 Å². The smallest absolute Gasteiger partial charge is 0.161 e. The first-order chi connectivity index (χ1) is 9.67. The van der Waals surface area contributed by atoms with E-state index in [1.54, 1.807) is 18.0 Å². The van der Waals surface area contributed by atoms with E-state index < -0.39 is 0 Å². The van der Waals surface area contributed by atoms with Crippen molar-refractivity contribution >= 4 is 0 Å². The van der Waals surface area contributed by atoms with Crippen molar-refractivity contribution in [1.82, 2.24) is 9.78 Å². The number of aryl methyl sites for hydroxylation is 1. The normalized spacial score (nSPS) is 12.2. The van der Waals surface area contributed by atoms with Crippen molar-refractivity contribution in [2.75, 3.05) is 13.7 Å². The summed E-state index contributed by atoms with van der Waals surface area (Å²) in [7, 11) is 3.48. The van der Waals surface area contributed by atoms with Crippen molar-refractivity contribution in [3.05, 3.63) is 41.7 Å². The zero-order valence-electron chi connectivity index (χ0n) is 12.2. The Morgan fingerprint density at radius 3 is 2.90 bits per heavy atom. The minimum atomic E-state index is -0.303. The van der Waals surface area contributed by atoms with Crippen LogP contribution in [0.2, 0.25) is 0 Å². The molecule has 0 spiro atoms. The number of nitrogens with zero attached hydrogens (tertiary/aromatic N) is 2. The number of hydrogen-bond donors (Lipinski definition) is 1. The summed E-state index contributed by atoms with van der Waals surface area (Å²) in [4.78, 5) is 0. The number of aromatic nitrogens is 2. The van der Waals surface area contributed by atoms with Gasteiger partial charge in [-0.2, -0.15) is 5.10 Å². The summed E-state index contributed by atoms with van der Waals surface area (Å²) in [5.41, 5.74) is 8.16. The molecule has 0 aliphatic rings.